The largest absolute Gasteiger partial charge is 0.497 e. The number of amides is 1. The number of fused-ring (bicyclic) bond motifs is 3. The quantitative estimate of drug-likeness (QED) is 0.466. The van der Waals surface area contributed by atoms with E-state index in [2.05, 4.69) is 15.5 Å². The fourth-order valence-electron chi connectivity index (χ4n) is 3.26. The van der Waals surface area contributed by atoms with E-state index in [-0.39, 0.29) is 11.2 Å². The molecule has 4 aromatic rings. The molecule has 0 saturated heterocycles. The summed E-state index contributed by atoms with van der Waals surface area (Å²) in [6, 6.07) is 15.2. The van der Waals surface area contributed by atoms with Crippen LogP contribution in [0.3, 0.4) is 0 Å². The summed E-state index contributed by atoms with van der Waals surface area (Å²) in [6.45, 7) is 3.89. The van der Waals surface area contributed by atoms with Gasteiger partial charge in [-0.1, -0.05) is 17.8 Å². The van der Waals surface area contributed by atoms with E-state index in [4.69, 9.17) is 9.47 Å². The summed E-state index contributed by atoms with van der Waals surface area (Å²) in [5.74, 6) is 1.31. The smallest absolute Gasteiger partial charge is 0.237 e. The zero-order valence-corrected chi connectivity index (χ0v) is 18.0. The van der Waals surface area contributed by atoms with Gasteiger partial charge >= 0.3 is 0 Å². The number of carbonyl (C=O) groups excluding carboxylic acids is 1. The van der Waals surface area contributed by atoms with Gasteiger partial charge in [-0.05, 0) is 49.7 Å². The zero-order chi connectivity index (χ0) is 21.3. The van der Waals surface area contributed by atoms with Crippen LogP contribution >= 0.6 is 11.8 Å². The van der Waals surface area contributed by atoms with Crippen LogP contribution in [-0.4, -0.2) is 40.0 Å². The predicted molar refractivity (Wildman–Crippen MR) is 119 cm³/mol. The maximum Gasteiger partial charge on any atom is 0.237 e. The Balaban J connectivity index is 1.64. The molecule has 0 aliphatic heterocycles. The Morgan fingerprint density at radius 1 is 1.07 bits per heavy atom. The van der Waals surface area contributed by atoms with Crippen LogP contribution in [0.15, 0.2) is 53.7 Å². The molecule has 2 aromatic carbocycles. The lowest BCUT2D eigenvalue weighted by Gasteiger charge is -2.13. The van der Waals surface area contributed by atoms with E-state index in [9.17, 15) is 4.79 Å². The molecule has 2 heterocycles. The van der Waals surface area contributed by atoms with Gasteiger partial charge in [-0.15, -0.1) is 10.2 Å². The summed E-state index contributed by atoms with van der Waals surface area (Å²) in [5, 5.41) is 12.9. The predicted octanol–water partition coefficient (Wildman–Crippen LogP) is 4.33. The first-order valence-electron chi connectivity index (χ1n) is 9.44. The van der Waals surface area contributed by atoms with E-state index in [1.807, 2.05) is 60.7 Å². The molecule has 7 nitrogen and oxygen atoms in total. The Bertz CT molecular complexity index is 1240. The van der Waals surface area contributed by atoms with E-state index in [1.54, 1.807) is 20.3 Å². The van der Waals surface area contributed by atoms with Gasteiger partial charge in [0.15, 0.2) is 10.8 Å². The number of pyridine rings is 1. The molecule has 0 saturated carbocycles. The highest BCUT2D eigenvalue weighted by atomic mass is 32.2. The normalized spacial score (nSPS) is 12.1. The summed E-state index contributed by atoms with van der Waals surface area (Å²) in [7, 11) is 3.23. The third-order valence-electron chi connectivity index (χ3n) is 4.86. The van der Waals surface area contributed by atoms with Crippen LogP contribution in [-0.2, 0) is 4.79 Å². The van der Waals surface area contributed by atoms with Gasteiger partial charge in [-0.3, -0.25) is 9.20 Å². The first-order valence-corrected chi connectivity index (χ1v) is 10.3. The Morgan fingerprint density at radius 3 is 2.60 bits per heavy atom. The molecule has 0 aliphatic carbocycles. The molecule has 1 N–H and O–H groups in total. The third kappa shape index (κ3) is 3.78. The van der Waals surface area contributed by atoms with Crippen molar-refractivity contribution in [1.29, 1.82) is 0 Å². The number of nitrogens with zero attached hydrogens (tertiary/aromatic N) is 3. The molecule has 0 radical (unpaired) electrons. The summed E-state index contributed by atoms with van der Waals surface area (Å²) in [5.41, 5.74) is 3.46. The summed E-state index contributed by atoms with van der Waals surface area (Å²) in [4.78, 5) is 12.7. The molecule has 2 aromatic heterocycles. The van der Waals surface area contributed by atoms with E-state index in [0.29, 0.717) is 16.6 Å². The molecule has 0 bridgehead atoms. The maximum absolute atomic E-state index is 12.7. The number of benzene rings is 2. The molecule has 0 unspecified atom stereocenters. The van der Waals surface area contributed by atoms with Gasteiger partial charge in [0, 0.05) is 23.2 Å². The van der Waals surface area contributed by atoms with Gasteiger partial charge < -0.3 is 14.8 Å². The second kappa shape index (κ2) is 8.23. The minimum atomic E-state index is -0.384. The molecule has 30 heavy (non-hydrogen) atoms. The minimum absolute atomic E-state index is 0.126. The van der Waals surface area contributed by atoms with Gasteiger partial charge in [0.05, 0.1) is 25.0 Å². The van der Waals surface area contributed by atoms with Crippen molar-refractivity contribution >= 4 is 39.9 Å². The van der Waals surface area contributed by atoms with Crippen molar-refractivity contribution in [3.63, 3.8) is 0 Å². The number of hydrogen-bond acceptors (Lipinski definition) is 6. The zero-order valence-electron chi connectivity index (χ0n) is 17.2. The summed E-state index contributed by atoms with van der Waals surface area (Å²) >= 11 is 1.36. The van der Waals surface area contributed by atoms with Crippen LogP contribution in [0.5, 0.6) is 11.5 Å². The summed E-state index contributed by atoms with van der Waals surface area (Å²) < 4.78 is 12.6. The van der Waals surface area contributed by atoms with Crippen LogP contribution in [0.2, 0.25) is 0 Å². The van der Waals surface area contributed by atoms with E-state index < -0.39 is 0 Å². The Labute approximate surface area is 178 Å². The number of aromatic nitrogens is 3. The molecule has 1 amide bonds. The molecule has 1 atom stereocenters. The lowest BCUT2D eigenvalue weighted by atomic mass is 10.1. The molecule has 0 fully saturated rings. The monoisotopic (exact) mass is 422 g/mol. The average Bonchev–Trinajstić information content (AvgIpc) is 3.15. The Hall–Kier alpha value is -3.26. The maximum atomic E-state index is 12.7. The van der Waals surface area contributed by atoms with Crippen molar-refractivity contribution in [2.24, 2.45) is 0 Å². The second-order valence-corrected chi connectivity index (χ2v) is 8.18. The lowest BCUT2D eigenvalue weighted by Crippen LogP contribution is -2.22. The van der Waals surface area contributed by atoms with Gasteiger partial charge in [0.2, 0.25) is 5.91 Å². The number of nitrogens with one attached hydrogen (secondary N) is 1. The fraction of sp³-hybridized carbons (Fsp3) is 0.227. The van der Waals surface area contributed by atoms with Gasteiger partial charge in [0.1, 0.15) is 11.5 Å². The first kappa shape index (κ1) is 20.0. The number of carbonyl (C=O) groups is 1. The highest BCUT2D eigenvalue weighted by Gasteiger charge is 2.20. The topological polar surface area (TPSA) is 77.8 Å². The fourth-order valence-corrected chi connectivity index (χ4v) is 4.13. The minimum Gasteiger partial charge on any atom is -0.497 e. The van der Waals surface area contributed by atoms with Crippen LogP contribution in [0, 0.1) is 6.92 Å². The molecule has 0 aliphatic rings. The number of methoxy groups -OCH3 is 2. The number of aryl methyl sites for hydroxylation is 1. The van der Waals surface area contributed by atoms with Crippen molar-refractivity contribution in [3.05, 3.63) is 54.1 Å². The molecular formula is C22H22N4O3S. The molecule has 154 valence electrons. The highest BCUT2D eigenvalue weighted by Crippen LogP contribution is 2.30. The number of thioether (sulfide) groups is 1. The van der Waals surface area contributed by atoms with E-state index in [1.165, 1.54) is 11.8 Å². The van der Waals surface area contributed by atoms with Crippen molar-refractivity contribution < 1.29 is 14.3 Å². The van der Waals surface area contributed by atoms with Crippen LogP contribution in [0.1, 0.15) is 12.5 Å². The van der Waals surface area contributed by atoms with Crippen molar-refractivity contribution in [2.45, 2.75) is 24.3 Å². The molecule has 8 heteroatoms. The Kier molecular flexibility index (Phi) is 5.50. The Morgan fingerprint density at radius 2 is 1.83 bits per heavy atom. The van der Waals surface area contributed by atoms with Crippen LogP contribution in [0.4, 0.5) is 5.69 Å². The highest BCUT2D eigenvalue weighted by molar-refractivity contribution is 8.00. The van der Waals surface area contributed by atoms with Crippen molar-refractivity contribution in [2.75, 3.05) is 19.5 Å². The lowest BCUT2D eigenvalue weighted by molar-refractivity contribution is -0.115. The standard InChI is InChI=1S/C22H22N4O3S/c1-13-10-20-24-25-22(26(20)19-12-17(29-4)8-9-18(13)19)30-14(2)21(27)23-15-6-5-7-16(11-15)28-3/h5-12,14H,1-4H3,(H,23,27)/t14-/m0/s1. The second-order valence-electron chi connectivity index (χ2n) is 6.87. The van der Waals surface area contributed by atoms with Gasteiger partial charge in [0.25, 0.3) is 0 Å². The van der Waals surface area contributed by atoms with Gasteiger partial charge in [-0.25, -0.2) is 0 Å². The van der Waals surface area contributed by atoms with Gasteiger partial charge in [-0.2, -0.15) is 0 Å². The van der Waals surface area contributed by atoms with E-state index in [0.717, 1.165) is 27.9 Å². The number of rotatable bonds is 6. The van der Waals surface area contributed by atoms with Crippen LogP contribution in [0.25, 0.3) is 16.6 Å². The van der Waals surface area contributed by atoms with E-state index >= 15 is 0 Å². The summed E-state index contributed by atoms with van der Waals surface area (Å²) in [6.07, 6.45) is 0. The SMILES string of the molecule is COc1cccc(NC(=O)[C@H](C)Sc2nnc3cc(C)c4ccc(OC)cc4n23)c1. The number of hydrogen-bond donors (Lipinski definition) is 1. The average molecular weight is 423 g/mol. The molecule has 0 spiro atoms. The number of anilines is 1. The van der Waals surface area contributed by atoms with Crippen LogP contribution < -0.4 is 14.8 Å². The molecular weight excluding hydrogens is 400 g/mol. The first-order chi connectivity index (χ1) is 14.5. The third-order valence-corrected chi connectivity index (χ3v) is 5.91. The van der Waals surface area contributed by atoms with Crippen molar-refractivity contribution in [3.8, 4) is 11.5 Å². The number of ether oxygens (including phenoxy) is 2. The van der Waals surface area contributed by atoms with Crippen molar-refractivity contribution in [1.82, 2.24) is 14.6 Å². The molecule has 4 rings (SSSR count).